The summed E-state index contributed by atoms with van der Waals surface area (Å²) in [7, 11) is 0. The quantitative estimate of drug-likeness (QED) is 0.180. The summed E-state index contributed by atoms with van der Waals surface area (Å²) in [6, 6.07) is 45.7. The summed E-state index contributed by atoms with van der Waals surface area (Å²) in [5, 5.41) is 7.74. The first-order valence-electron chi connectivity index (χ1n) is 16.6. The molecular formula is C44H36N2. The van der Waals surface area contributed by atoms with Crippen LogP contribution in [0.25, 0.3) is 76.9 Å². The van der Waals surface area contributed by atoms with Gasteiger partial charge in [0.25, 0.3) is 0 Å². The lowest BCUT2D eigenvalue weighted by Crippen LogP contribution is -1.97. The van der Waals surface area contributed by atoms with Crippen LogP contribution in [0.2, 0.25) is 0 Å². The molecule has 222 valence electrons. The Hall–Kier alpha value is -5.34. The second kappa shape index (κ2) is 10.1. The SMILES string of the molecule is CCc1ccc(-c2cc3cc4c(cc(-c5ccc(CC)cc5)n5c6ccccc6c(C)c45)cc3c3c(C)c4ccccc4n23)cc1. The third kappa shape index (κ3) is 3.77. The number of nitrogens with zero attached hydrogens (tertiary/aromatic N) is 2. The molecule has 0 N–H and O–H groups in total. The fourth-order valence-electron chi connectivity index (χ4n) is 7.90. The van der Waals surface area contributed by atoms with Crippen LogP contribution in [0, 0.1) is 13.8 Å². The minimum absolute atomic E-state index is 1.04. The summed E-state index contributed by atoms with van der Waals surface area (Å²) in [5.41, 5.74) is 15.4. The van der Waals surface area contributed by atoms with Gasteiger partial charge in [0.05, 0.1) is 33.5 Å². The average molecular weight is 593 g/mol. The van der Waals surface area contributed by atoms with Gasteiger partial charge in [-0.15, -0.1) is 0 Å². The van der Waals surface area contributed by atoms with Crippen LogP contribution < -0.4 is 0 Å². The zero-order valence-electron chi connectivity index (χ0n) is 26.9. The Morgan fingerprint density at radius 2 is 0.826 bits per heavy atom. The van der Waals surface area contributed by atoms with Crippen molar-refractivity contribution in [2.45, 2.75) is 40.5 Å². The van der Waals surface area contributed by atoms with Gasteiger partial charge in [-0.25, -0.2) is 0 Å². The molecule has 0 bridgehead atoms. The molecule has 0 aliphatic heterocycles. The predicted octanol–water partition coefficient (Wildman–Crippen LogP) is 11.9. The second-order valence-corrected chi connectivity index (χ2v) is 12.8. The van der Waals surface area contributed by atoms with E-state index in [9.17, 15) is 0 Å². The van der Waals surface area contributed by atoms with Crippen LogP contribution in [-0.2, 0) is 12.8 Å². The Kier molecular flexibility index (Phi) is 5.92. The maximum atomic E-state index is 2.50. The Bertz CT molecular complexity index is 2460. The van der Waals surface area contributed by atoms with Gasteiger partial charge in [-0.05, 0) is 107 Å². The molecule has 0 aliphatic rings. The van der Waals surface area contributed by atoms with E-state index in [1.54, 1.807) is 0 Å². The Balaban J connectivity index is 1.46. The number of aromatic nitrogens is 2. The molecule has 0 saturated carbocycles. The molecule has 0 fully saturated rings. The lowest BCUT2D eigenvalue weighted by atomic mass is 9.97. The van der Waals surface area contributed by atoms with E-state index in [2.05, 4.69) is 158 Å². The van der Waals surface area contributed by atoms with Crippen molar-refractivity contribution in [3.8, 4) is 22.5 Å². The van der Waals surface area contributed by atoms with Gasteiger partial charge in [0.2, 0.25) is 0 Å². The molecule has 0 atom stereocenters. The van der Waals surface area contributed by atoms with Crippen molar-refractivity contribution in [2.75, 3.05) is 0 Å². The lowest BCUT2D eigenvalue weighted by Gasteiger charge is -2.16. The fourth-order valence-corrected chi connectivity index (χ4v) is 7.90. The van der Waals surface area contributed by atoms with Gasteiger partial charge in [-0.3, -0.25) is 0 Å². The highest BCUT2D eigenvalue weighted by Gasteiger charge is 2.20. The molecule has 5 aromatic carbocycles. The number of benzene rings is 5. The van der Waals surface area contributed by atoms with Gasteiger partial charge in [-0.1, -0.05) is 98.8 Å². The van der Waals surface area contributed by atoms with E-state index in [1.807, 2.05) is 0 Å². The van der Waals surface area contributed by atoms with Crippen molar-refractivity contribution >= 4 is 54.4 Å². The number of hydrogen-bond donors (Lipinski definition) is 0. The molecule has 0 amide bonds. The van der Waals surface area contributed by atoms with Crippen LogP contribution in [0.1, 0.15) is 36.1 Å². The Morgan fingerprint density at radius 3 is 1.22 bits per heavy atom. The third-order valence-electron chi connectivity index (χ3n) is 10.4. The molecule has 0 saturated heterocycles. The zero-order valence-corrected chi connectivity index (χ0v) is 26.9. The highest BCUT2D eigenvalue weighted by atomic mass is 14.9. The number of rotatable bonds is 4. The topological polar surface area (TPSA) is 8.82 Å². The van der Waals surface area contributed by atoms with Gasteiger partial charge in [0.1, 0.15) is 0 Å². The zero-order chi connectivity index (χ0) is 31.1. The highest BCUT2D eigenvalue weighted by molar-refractivity contribution is 6.16. The van der Waals surface area contributed by atoms with Crippen LogP contribution in [0.3, 0.4) is 0 Å². The first-order chi connectivity index (χ1) is 22.6. The average Bonchev–Trinajstić information content (AvgIpc) is 3.58. The monoisotopic (exact) mass is 592 g/mol. The second-order valence-electron chi connectivity index (χ2n) is 12.8. The van der Waals surface area contributed by atoms with E-state index >= 15 is 0 Å². The summed E-state index contributed by atoms with van der Waals surface area (Å²) in [6.45, 7) is 9.02. The number of aryl methyl sites for hydroxylation is 4. The lowest BCUT2D eigenvalue weighted by molar-refractivity contribution is 1.14. The van der Waals surface area contributed by atoms with E-state index in [1.165, 1.54) is 99.2 Å². The van der Waals surface area contributed by atoms with Crippen molar-refractivity contribution in [2.24, 2.45) is 0 Å². The van der Waals surface area contributed by atoms with E-state index < -0.39 is 0 Å². The highest BCUT2D eigenvalue weighted by Crippen LogP contribution is 2.42. The van der Waals surface area contributed by atoms with E-state index in [0.29, 0.717) is 0 Å². The van der Waals surface area contributed by atoms with Gasteiger partial charge in [-0.2, -0.15) is 0 Å². The van der Waals surface area contributed by atoms with Crippen LogP contribution in [0.4, 0.5) is 0 Å². The molecule has 0 unspecified atom stereocenters. The molecule has 4 aromatic heterocycles. The normalized spacial score (nSPS) is 12.1. The molecule has 4 heterocycles. The summed E-state index contributed by atoms with van der Waals surface area (Å²) < 4.78 is 5.00. The molecule has 46 heavy (non-hydrogen) atoms. The number of pyridine rings is 2. The van der Waals surface area contributed by atoms with Crippen LogP contribution in [-0.4, -0.2) is 8.80 Å². The molecule has 0 spiro atoms. The summed E-state index contributed by atoms with van der Waals surface area (Å²) in [4.78, 5) is 0. The van der Waals surface area contributed by atoms with Crippen molar-refractivity contribution in [1.29, 1.82) is 0 Å². The maximum Gasteiger partial charge on any atom is 0.0576 e. The number of hydrogen-bond acceptors (Lipinski definition) is 0. The van der Waals surface area contributed by atoms with Crippen molar-refractivity contribution in [3.63, 3.8) is 0 Å². The first kappa shape index (κ1) is 27.0. The minimum atomic E-state index is 1.04. The molecule has 0 aliphatic carbocycles. The molecule has 9 rings (SSSR count). The Labute approximate surface area is 269 Å². The Morgan fingerprint density at radius 1 is 0.435 bits per heavy atom. The maximum absolute atomic E-state index is 2.50. The molecule has 9 aromatic rings. The van der Waals surface area contributed by atoms with Crippen LogP contribution in [0.5, 0.6) is 0 Å². The number of fused-ring (bicyclic) bond motifs is 10. The van der Waals surface area contributed by atoms with E-state index in [-0.39, 0.29) is 0 Å². The molecule has 2 nitrogen and oxygen atoms in total. The van der Waals surface area contributed by atoms with Gasteiger partial charge in [0, 0.05) is 21.5 Å². The molecular weight excluding hydrogens is 556 g/mol. The minimum Gasteiger partial charge on any atom is -0.308 e. The fraction of sp³-hybridized carbons (Fsp3) is 0.136. The third-order valence-corrected chi connectivity index (χ3v) is 10.4. The van der Waals surface area contributed by atoms with Crippen LogP contribution in [0.15, 0.2) is 121 Å². The van der Waals surface area contributed by atoms with Crippen molar-refractivity contribution in [3.05, 3.63) is 144 Å². The first-order valence-corrected chi connectivity index (χ1v) is 16.6. The summed E-state index contributed by atoms with van der Waals surface area (Å²) in [5.74, 6) is 0. The van der Waals surface area contributed by atoms with E-state index in [0.717, 1.165) is 12.8 Å². The van der Waals surface area contributed by atoms with Gasteiger partial charge >= 0.3 is 0 Å². The molecule has 2 heteroatoms. The standard InChI is InChI=1S/C44H36N2/c1-5-29-15-19-31(20-16-29)41-25-33-23-38-34(24-37(33)43-27(3)35-11-7-9-13-39(35)45(41)43)26-42(32-21-17-30(6-2)18-22-32)46-40-14-10-8-12-36(40)28(4)44(38)46/h7-26H,5-6H2,1-4H3. The molecule has 0 radical (unpaired) electrons. The summed E-state index contributed by atoms with van der Waals surface area (Å²) in [6.07, 6.45) is 2.08. The van der Waals surface area contributed by atoms with Crippen LogP contribution >= 0.6 is 0 Å². The largest absolute Gasteiger partial charge is 0.308 e. The van der Waals surface area contributed by atoms with E-state index in [4.69, 9.17) is 0 Å². The summed E-state index contributed by atoms with van der Waals surface area (Å²) >= 11 is 0. The van der Waals surface area contributed by atoms with Crippen molar-refractivity contribution in [1.82, 2.24) is 8.80 Å². The predicted molar refractivity (Wildman–Crippen MR) is 197 cm³/mol. The van der Waals surface area contributed by atoms with Gasteiger partial charge in [0.15, 0.2) is 0 Å². The number of para-hydroxylation sites is 2. The van der Waals surface area contributed by atoms with Gasteiger partial charge < -0.3 is 8.80 Å². The van der Waals surface area contributed by atoms with Crippen molar-refractivity contribution < 1.29 is 0 Å². The smallest absolute Gasteiger partial charge is 0.0576 e.